The minimum absolute atomic E-state index is 0.0289. The van der Waals surface area contributed by atoms with Crippen molar-refractivity contribution in [1.29, 1.82) is 5.26 Å². The zero-order valence-electron chi connectivity index (χ0n) is 20.7. The smallest absolute Gasteiger partial charge is 0.258 e. The lowest BCUT2D eigenvalue weighted by Crippen LogP contribution is -2.41. The highest BCUT2D eigenvalue weighted by molar-refractivity contribution is 5.64. The Hall–Kier alpha value is -3.29. The highest BCUT2D eigenvalue weighted by Gasteiger charge is 2.48. The Bertz CT molecular complexity index is 1280. The zero-order chi connectivity index (χ0) is 25.4. The van der Waals surface area contributed by atoms with Crippen LogP contribution in [0.1, 0.15) is 37.5 Å². The van der Waals surface area contributed by atoms with Crippen molar-refractivity contribution in [2.75, 3.05) is 13.1 Å². The van der Waals surface area contributed by atoms with E-state index in [4.69, 9.17) is 19.7 Å². The monoisotopic (exact) mass is 489 g/mol. The molecule has 0 amide bonds. The Morgan fingerprint density at radius 2 is 1.86 bits per heavy atom. The molecule has 3 N–H and O–H groups in total. The fourth-order valence-corrected chi connectivity index (χ4v) is 4.67. The standard InChI is InChI=1S/C27H31N5O4/c1-15(2)34-22-7-6-20(13-21(22)14-28)26-30-25(31-36-26)19-5-4-17-8-10-32(11-9-18(17)12-19)27-24(35-27)23(29)16(3)33/h4-7,12-13,15-16,23-24,27,33H,8-11,29H2,1-3H3. The first-order valence-corrected chi connectivity index (χ1v) is 12.3. The van der Waals surface area contributed by atoms with Gasteiger partial charge in [0.25, 0.3) is 5.89 Å². The topological polar surface area (TPSA) is 134 Å². The number of aliphatic hydroxyl groups is 1. The number of hydrogen-bond donors (Lipinski definition) is 2. The molecule has 0 spiro atoms. The molecular formula is C27H31N5O4. The van der Waals surface area contributed by atoms with Crippen LogP contribution < -0.4 is 10.5 Å². The average molecular weight is 490 g/mol. The van der Waals surface area contributed by atoms with E-state index in [9.17, 15) is 10.4 Å². The predicted molar refractivity (Wildman–Crippen MR) is 133 cm³/mol. The summed E-state index contributed by atoms with van der Waals surface area (Å²) in [4.78, 5) is 6.90. The number of rotatable bonds is 7. The summed E-state index contributed by atoms with van der Waals surface area (Å²) in [6, 6.07) is 13.4. The highest BCUT2D eigenvalue weighted by Crippen LogP contribution is 2.33. The van der Waals surface area contributed by atoms with Crippen molar-refractivity contribution in [2.24, 2.45) is 5.73 Å². The quantitative estimate of drug-likeness (QED) is 0.480. The van der Waals surface area contributed by atoms with Gasteiger partial charge >= 0.3 is 0 Å². The van der Waals surface area contributed by atoms with E-state index in [0.717, 1.165) is 31.5 Å². The first kappa shape index (κ1) is 24.4. The van der Waals surface area contributed by atoms with Gasteiger partial charge < -0.3 is 24.8 Å². The summed E-state index contributed by atoms with van der Waals surface area (Å²) in [6.45, 7) is 7.26. The summed E-state index contributed by atoms with van der Waals surface area (Å²) in [7, 11) is 0. The van der Waals surface area contributed by atoms with Crippen LogP contribution in [0.2, 0.25) is 0 Å². The van der Waals surface area contributed by atoms with Crippen molar-refractivity contribution in [3.05, 3.63) is 53.1 Å². The molecule has 5 rings (SSSR count). The zero-order valence-corrected chi connectivity index (χ0v) is 20.7. The number of aromatic nitrogens is 2. The average Bonchev–Trinajstić information content (AvgIpc) is 3.55. The van der Waals surface area contributed by atoms with Gasteiger partial charge in [0.1, 0.15) is 24.2 Å². The van der Waals surface area contributed by atoms with Gasteiger partial charge in [0.2, 0.25) is 5.82 Å². The maximum atomic E-state index is 9.76. The number of hydrogen-bond acceptors (Lipinski definition) is 9. The summed E-state index contributed by atoms with van der Waals surface area (Å²) in [6.07, 6.45) is 1.01. The molecule has 2 aliphatic rings. The van der Waals surface area contributed by atoms with Crippen LogP contribution in [0.25, 0.3) is 22.8 Å². The summed E-state index contributed by atoms with van der Waals surface area (Å²) in [5, 5.41) is 23.5. The second-order valence-electron chi connectivity index (χ2n) is 9.74. The minimum atomic E-state index is -0.593. The van der Waals surface area contributed by atoms with Crippen molar-refractivity contribution < 1.29 is 19.1 Å². The number of fused-ring (bicyclic) bond motifs is 1. The Labute approximate surface area is 210 Å². The molecule has 0 aliphatic carbocycles. The van der Waals surface area contributed by atoms with Gasteiger partial charge in [-0.05, 0) is 69.0 Å². The molecule has 1 fully saturated rings. The molecule has 0 saturated carbocycles. The van der Waals surface area contributed by atoms with E-state index in [1.165, 1.54) is 11.1 Å². The molecule has 4 unspecified atom stereocenters. The molecule has 0 bridgehead atoms. The normalized spacial score (nSPS) is 21.4. The third-order valence-electron chi connectivity index (χ3n) is 6.73. The van der Waals surface area contributed by atoms with E-state index in [1.807, 2.05) is 26.0 Å². The lowest BCUT2D eigenvalue weighted by atomic mass is 10.00. The first-order chi connectivity index (χ1) is 17.3. The van der Waals surface area contributed by atoms with Crippen LogP contribution in [0.3, 0.4) is 0 Å². The summed E-state index contributed by atoms with van der Waals surface area (Å²) >= 11 is 0. The van der Waals surface area contributed by atoms with Gasteiger partial charge in [-0.2, -0.15) is 10.2 Å². The summed E-state index contributed by atoms with van der Waals surface area (Å²) in [5.74, 6) is 1.39. The molecule has 2 aromatic carbocycles. The van der Waals surface area contributed by atoms with Crippen LogP contribution in [-0.4, -0.2) is 63.8 Å². The number of nitriles is 1. The second kappa shape index (κ2) is 9.99. The Morgan fingerprint density at radius 3 is 2.58 bits per heavy atom. The van der Waals surface area contributed by atoms with E-state index in [1.54, 1.807) is 19.1 Å². The maximum Gasteiger partial charge on any atom is 0.258 e. The lowest BCUT2D eigenvalue weighted by Gasteiger charge is -2.19. The number of ether oxygens (including phenoxy) is 2. The number of benzene rings is 2. The van der Waals surface area contributed by atoms with Gasteiger partial charge in [0.15, 0.2) is 0 Å². The molecule has 1 aromatic heterocycles. The SMILES string of the molecule is CC(C)Oc1ccc(-c2nc(-c3ccc4c(c3)CCN(C3OC3C(N)C(C)O)CC4)no2)cc1C#N. The van der Waals surface area contributed by atoms with Gasteiger partial charge in [-0.25, -0.2) is 0 Å². The third-order valence-corrected chi connectivity index (χ3v) is 6.73. The molecular weight excluding hydrogens is 458 g/mol. The van der Waals surface area contributed by atoms with Crippen molar-refractivity contribution in [1.82, 2.24) is 15.0 Å². The van der Waals surface area contributed by atoms with Crippen LogP contribution in [-0.2, 0) is 17.6 Å². The third kappa shape index (κ3) is 4.99. The molecule has 9 nitrogen and oxygen atoms in total. The fourth-order valence-electron chi connectivity index (χ4n) is 4.67. The predicted octanol–water partition coefficient (Wildman–Crippen LogP) is 2.90. The Morgan fingerprint density at radius 1 is 1.11 bits per heavy atom. The van der Waals surface area contributed by atoms with Crippen LogP contribution >= 0.6 is 0 Å². The maximum absolute atomic E-state index is 9.76. The summed E-state index contributed by atoms with van der Waals surface area (Å²) < 4.78 is 17.0. The van der Waals surface area contributed by atoms with Crippen molar-refractivity contribution in [2.45, 2.75) is 64.2 Å². The van der Waals surface area contributed by atoms with Crippen LogP contribution in [0, 0.1) is 11.3 Å². The van der Waals surface area contributed by atoms with E-state index < -0.39 is 6.10 Å². The van der Waals surface area contributed by atoms with E-state index in [-0.39, 0.29) is 24.5 Å². The Balaban J connectivity index is 1.30. The molecule has 1 saturated heterocycles. The number of nitrogens with zero attached hydrogens (tertiary/aromatic N) is 4. The van der Waals surface area contributed by atoms with Crippen LogP contribution in [0.15, 0.2) is 40.9 Å². The number of nitrogens with two attached hydrogens (primary N) is 1. The van der Waals surface area contributed by atoms with Crippen LogP contribution in [0.4, 0.5) is 0 Å². The largest absolute Gasteiger partial charge is 0.490 e. The molecule has 188 valence electrons. The minimum Gasteiger partial charge on any atom is -0.490 e. The van der Waals surface area contributed by atoms with Gasteiger partial charge in [-0.15, -0.1) is 0 Å². The fraction of sp³-hybridized carbons (Fsp3) is 0.444. The van der Waals surface area contributed by atoms with Gasteiger partial charge in [0, 0.05) is 24.2 Å². The lowest BCUT2D eigenvalue weighted by molar-refractivity contribution is 0.145. The van der Waals surface area contributed by atoms with Crippen molar-refractivity contribution in [3.8, 4) is 34.7 Å². The van der Waals surface area contributed by atoms with Crippen molar-refractivity contribution >= 4 is 0 Å². The van der Waals surface area contributed by atoms with Crippen molar-refractivity contribution in [3.63, 3.8) is 0 Å². The molecule has 0 radical (unpaired) electrons. The molecule has 3 aromatic rings. The van der Waals surface area contributed by atoms with Gasteiger partial charge in [0.05, 0.1) is 23.8 Å². The van der Waals surface area contributed by atoms with Gasteiger partial charge in [-0.3, -0.25) is 4.90 Å². The van der Waals surface area contributed by atoms with Gasteiger partial charge in [-0.1, -0.05) is 17.3 Å². The molecule has 36 heavy (non-hydrogen) atoms. The molecule has 4 atom stereocenters. The van der Waals surface area contributed by atoms with E-state index in [0.29, 0.717) is 28.6 Å². The molecule has 3 heterocycles. The van der Waals surface area contributed by atoms with E-state index >= 15 is 0 Å². The molecule has 9 heteroatoms. The van der Waals surface area contributed by atoms with E-state index in [2.05, 4.69) is 33.2 Å². The second-order valence-corrected chi connectivity index (χ2v) is 9.74. The Kier molecular flexibility index (Phi) is 6.77. The number of epoxide rings is 1. The first-order valence-electron chi connectivity index (χ1n) is 12.3. The molecule has 2 aliphatic heterocycles. The summed E-state index contributed by atoms with van der Waals surface area (Å²) in [5.41, 5.74) is 10.6. The highest BCUT2D eigenvalue weighted by atomic mass is 16.6. The number of aliphatic hydroxyl groups excluding tert-OH is 1. The van der Waals surface area contributed by atoms with Crippen LogP contribution in [0.5, 0.6) is 5.75 Å².